The van der Waals surface area contributed by atoms with Gasteiger partial charge in [0.25, 0.3) is 5.91 Å². The summed E-state index contributed by atoms with van der Waals surface area (Å²) in [6, 6.07) is 3.65. The van der Waals surface area contributed by atoms with Crippen LogP contribution in [-0.4, -0.2) is 32.2 Å². The van der Waals surface area contributed by atoms with Crippen molar-refractivity contribution >= 4 is 29.7 Å². The van der Waals surface area contributed by atoms with E-state index in [4.69, 9.17) is 5.11 Å². The molecule has 3 heterocycles. The van der Waals surface area contributed by atoms with Gasteiger partial charge in [-0.25, -0.2) is 4.79 Å². The second-order valence-electron chi connectivity index (χ2n) is 4.24. The highest BCUT2D eigenvalue weighted by atomic mass is 32.2. The van der Waals surface area contributed by atoms with Crippen LogP contribution in [0.3, 0.4) is 0 Å². The maximum atomic E-state index is 12.0. The largest absolute Gasteiger partial charge is 0.477 e. The molecular formula is C13H10N2O3S. The summed E-state index contributed by atoms with van der Waals surface area (Å²) >= 11 is 1.40. The fourth-order valence-corrected chi connectivity index (χ4v) is 3.41. The molecule has 1 N–H and O–H groups in total. The Labute approximate surface area is 113 Å². The van der Waals surface area contributed by atoms with Crippen molar-refractivity contribution in [3.63, 3.8) is 0 Å². The molecule has 96 valence electrons. The summed E-state index contributed by atoms with van der Waals surface area (Å²) in [5.74, 6) is -1.29. The maximum Gasteiger partial charge on any atom is 0.353 e. The van der Waals surface area contributed by atoms with Gasteiger partial charge in [0.05, 0.1) is 5.57 Å². The Bertz CT molecular complexity index is 637. The molecule has 1 amide bonds. The van der Waals surface area contributed by atoms with E-state index in [2.05, 4.69) is 4.98 Å². The maximum absolute atomic E-state index is 12.0. The molecule has 5 nitrogen and oxygen atoms in total. The van der Waals surface area contributed by atoms with Gasteiger partial charge in [-0.15, -0.1) is 0 Å². The highest BCUT2D eigenvalue weighted by Gasteiger charge is 2.51. The van der Waals surface area contributed by atoms with Crippen molar-refractivity contribution < 1.29 is 14.7 Å². The van der Waals surface area contributed by atoms with E-state index in [1.165, 1.54) is 16.7 Å². The van der Waals surface area contributed by atoms with Crippen molar-refractivity contribution in [3.8, 4) is 0 Å². The number of allylic oxidation sites excluding steroid dienone is 1. The second-order valence-corrected chi connectivity index (χ2v) is 5.54. The van der Waals surface area contributed by atoms with Crippen LogP contribution in [0.5, 0.6) is 0 Å². The average Bonchev–Trinajstić information content (AvgIpc) is 2.71. The van der Waals surface area contributed by atoms with Crippen LogP contribution in [0, 0.1) is 0 Å². The van der Waals surface area contributed by atoms with Crippen LogP contribution in [0.25, 0.3) is 6.08 Å². The number of carbonyl (C=O) groups is 2. The number of nitrogens with zero attached hydrogens (tertiary/aromatic N) is 2. The molecule has 6 heteroatoms. The van der Waals surface area contributed by atoms with Crippen molar-refractivity contribution in [2.45, 2.75) is 12.3 Å². The lowest BCUT2D eigenvalue weighted by Gasteiger charge is -2.37. The Morgan fingerprint density at radius 3 is 3.00 bits per heavy atom. The lowest BCUT2D eigenvalue weighted by atomic mass is 10.0. The van der Waals surface area contributed by atoms with Gasteiger partial charge in [-0.05, 0) is 24.6 Å². The number of hydrogen-bond donors (Lipinski definition) is 1. The second kappa shape index (κ2) is 4.24. The van der Waals surface area contributed by atoms with E-state index >= 15 is 0 Å². The average molecular weight is 274 g/mol. The monoisotopic (exact) mass is 274 g/mol. The van der Waals surface area contributed by atoms with Crippen LogP contribution < -0.4 is 0 Å². The van der Waals surface area contributed by atoms with Gasteiger partial charge in [0.15, 0.2) is 0 Å². The first kappa shape index (κ1) is 12.0. The highest BCUT2D eigenvalue weighted by molar-refractivity contribution is 8.04. The van der Waals surface area contributed by atoms with Gasteiger partial charge in [0, 0.05) is 17.3 Å². The quantitative estimate of drug-likeness (QED) is 0.656. The number of aliphatic carboxylic acids is 1. The van der Waals surface area contributed by atoms with E-state index in [1.54, 1.807) is 31.5 Å². The number of carbonyl (C=O) groups excluding carboxylic acids is 1. The molecule has 3 rings (SSSR count). The number of thioether (sulfide) groups is 1. The number of carboxylic acid groups (broad SMARTS) is 1. The lowest BCUT2D eigenvalue weighted by Crippen LogP contribution is -2.51. The zero-order valence-electron chi connectivity index (χ0n) is 10.0. The van der Waals surface area contributed by atoms with E-state index in [0.717, 1.165) is 5.56 Å². The van der Waals surface area contributed by atoms with E-state index in [1.807, 2.05) is 6.07 Å². The van der Waals surface area contributed by atoms with Crippen LogP contribution in [0.15, 0.2) is 40.7 Å². The SMILES string of the molecule is CC1=C(C(=O)O)N2C(=O)/C(=C/c3cccnc3)C2S1. The van der Waals surface area contributed by atoms with Crippen LogP contribution in [0.4, 0.5) is 0 Å². The summed E-state index contributed by atoms with van der Waals surface area (Å²) in [6.07, 6.45) is 5.10. The molecule has 0 saturated carbocycles. The third kappa shape index (κ3) is 1.76. The van der Waals surface area contributed by atoms with E-state index < -0.39 is 5.97 Å². The minimum atomic E-state index is -1.05. The number of carboxylic acids is 1. The first-order chi connectivity index (χ1) is 9.09. The lowest BCUT2D eigenvalue weighted by molar-refractivity contribution is -0.141. The molecule has 1 saturated heterocycles. The van der Waals surface area contributed by atoms with E-state index in [-0.39, 0.29) is 17.0 Å². The molecule has 19 heavy (non-hydrogen) atoms. The van der Waals surface area contributed by atoms with Crippen molar-refractivity contribution in [1.82, 2.24) is 9.88 Å². The molecule has 0 aromatic carbocycles. The molecule has 2 aliphatic heterocycles. The molecule has 0 radical (unpaired) electrons. The Balaban J connectivity index is 1.91. The Morgan fingerprint density at radius 1 is 1.58 bits per heavy atom. The van der Waals surface area contributed by atoms with Gasteiger partial charge in [-0.1, -0.05) is 17.8 Å². The number of rotatable bonds is 2. The van der Waals surface area contributed by atoms with Crippen molar-refractivity contribution in [1.29, 1.82) is 0 Å². The van der Waals surface area contributed by atoms with Crippen molar-refractivity contribution in [2.24, 2.45) is 0 Å². The number of β-lactam (4-membered cyclic amide) rings is 1. The Hall–Kier alpha value is -2.08. The zero-order chi connectivity index (χ0) is 13.6. The van der Waals surface area contributed by atoms with Crippen LogP contribution >= 0.6 is 11.8 Å². The summed E-state index contributed by atoms with van der Waals surface area (Å²) in [7, 11) is 0. The Morgan fingerprint density at radius 2 is 2.37 bits per heavy atom. The summed E-state index contributed by atoms with van der Waals surface area (Å²) in [6.45, 7) is 1.72. The van der Waals surface area contributed by atoms with Crippen LogP contribution in [0.1, 0.15) is 12.5 Å². The van der Waals surface area contributed by atoms with Gasteiger partial charge >= 0.3 is 5.97 Å². The number of aromatic nitrogens is 1. The smallest absolute Gasteiger partial charge is 0.353 e. The Kier molecular flexibility index (Phi) is 2.67. The minimum absolute atomic E-state index is 0.100. The molecule has 0 spiro atoms. The topological polar surface area (TPSA) is 70.5 Å². The predicted molar refractivity (Wildman–Crippen MR) is 70.8 cm³/mol. The predicted octanol–water partition coefficient (Wildman–Crippen LogP) is 1.70. The zero-order valence-corrected chi connectivity index (χ0v) is 10.8. The van der Waals surface area contributed by atoms with E-state index in [0.29, 0.717) is 10.5 Å². The minimum Gasteiger partial charge on any atom is -0.477 e. The third-order valence-electron chi connectivity index (χ3n) is 3.04. The number of fused-ring (bicyclic) bond motifs is 1. The number of pyridine rings is 1. The summed E-state index contributed by atoms with van der Waals surface area (Å²) < 4.78 is 0. The molecule has 1 atom stereocenters. The molecule has 1 unspecified atom stereocenters. The highest BCUT2D eigenvalue weighted by Crippen LogP contribution is 2.49. The summed E-state index contributed by atoms with van der Waals surface area (Å²) in [5, 5.41) is 8.90. The van der Waals surface area contributed by atoms with Gasteiger partial charge in [-0.3, -0.25) is 14.7 Å². The normalized spacial score (nSPS) is 23.6. The van der Waals surface area contributed by atoms with Crippen LogP contribution in [-0.2, 0) is 9.59 Å². The third-order valence-corrected chi connectivity index (χ3v) is 4.27. The number of amides is 1. The van der Waals surface area contributed by atoms with Gasteiger partial charge < -0.3 is 5.11 Å². The molecule has 0 bridgehead atoms. The fraction of sp³-hybridized carbons (Fsp3) is 0.154. The van der Waals surface area contributed by atoms with Gasteiger partial charge in [0.2, 0.25) is 0 Å². The molecular weight excluding hydrogens is 264 g/mol. The fourth-order valence-electron chi connectivity index (χ4n) is 2.18. The first-order valence-electron chi connectivity index (χ1n) is 5.65. The molecule has 1 fully saturated rings. The molecule has 1 aromatic heterocycles. The summed E-state index contributed by atoms with van der Waals surface area (Å²) in [4.78, 5) is 29.1. The van der Waals surface area contributed by atoms with Crippen LogP contribution in [0.2, 0.25) is 0 Å². The van der Waals surface area contributed by atoms with Crippen molar-refractivity contribution in [3.05, 3.63) is 46.3 Å². The molecule has 2 aliphatic rings. The first-order valence-corrected chi connectivity index (χ1v) is 6.53. The standard InChI is InChI=1S/C13H10N2O3S/c1-7-10(13(17)18)15-11(16)9(12(15)19-7)5-8-3-2-4-14-6-8/h2-6,12H,1H3,(H,17,18)/b9-5-. The van der Waals surface area contributed by atoms with Gasteiger partial charge in [-0.2, -0.15) is 0 Å². The molecule has 0 aliphatic carbocycles. The van der Waals surface area contributed by atoms with Gasteiger partial charge in [0.1, 0.15) is 11.1 Å². The van der Waals surface area contributed by atoms with Crippen molar-refractivity contribution in [2.75, 3.05) is 0 Å². The molecule has 1 aromatic rings. The number of hydrogen-bond acceptors (Lipinski definition) is 4. The van der Waals surface area contributed by atoms with E-state index in [9.17, 15) is 9.59 Å². The summed E-state index contributed by atoms with van der Waals surface area (Å²) in [5.41, 5.74) is 1.56.